The molecule has 0 bridgehead atoms. The summed E-state index contributed by atoms with van der Waals surface area (Å²) in [5.74, 6) is 0. The van der Waals surface area contributed by atoms with Gasteiger partial charge in [-0.05, 0) is 18.6 Å². The SMILES string of the molecule is Cc1cncc2nnccc12. The maximum atomic E-state index is 4.01. The van der Waals surface area contributed by atoms with Crippen LogP contribution < -0.4 is 0 Å². The normalized spacial score (nSPS) is 10.3. The van der Waals surface area contributed by atoms with Crippen molar-refractivity contribution >= 4 is 10.9 Å². The van der Waals surface area contributed by atoms with E-state index in [-0.39, 0.29) is 0 Å². The van der Waals surface area contributed by atoms with Crippen molar-refractivity contribution in [2.45, 2.75) is 6.92 Å². The lowest BCUT2D eigenvalue weighted by molar-refractivity contribution is 1.07. The van der Waals surface area contributed by atoms with E-state index in [4.69, 9.17) is 0 Å². The molecule has 3 nitrogen and oxygen atoms in total. The third-order valence-electron chi connectivity index (χ3n) is 1.64. The number of rotatable bonds is 0. The maximum absolute atomic E-state index is 4.01. The van der Waals surface area contributed by atoms with Crippen LogP contribution in [-0.2, 0) is 0 Å². The molecule has 0 aliphatic rings. The first-order valence-corrected chi connectivity index (χ1v) is 3.40. The van der Waals surface area contributed by atoms with E-state index in [0.29, 0.717) is 0 Å². The number of aryl methyl sites for hydroxylation is 1. The van der Waals surface area contributed by atoms with E-state index < -0.39 is 0 Å². The Bertz CT molecular complexity index is 378. The highest BCUT2D eigenvalue weighted by molar-refractivity contribution is 5.79. The molecule has 0 radical (unpaired) electrons. The molecule has 0 aliphatic carbocycles. The van der Waals surface area contributed by atoms with Gasteiger partial charge in [0.05, 0.1) is 12.4 Å². The fourth-order valence-corrected chi connectivity index (χ4v) is 1.06. The van der Waals surface area contributed by atoms with Gasteiger partial charge in [-0.3, -0.25) is 4.98 Å². The van der Waals surface area contributed by atoms with Crippen molar-refractivity contribution in [3.8, 4) is 0 Å². The summed E-state index contributed by atoms with van der Waals surface area (Å²) in [6.07, 6.45) is 5.23. The Labute approximate surface area is 64.1 Å². The molecule has 11 heavy (non-hydrogen) atoms. The molecular weight excluding hydrogens is 138 g/mol. The molecule has 0 unspecified atom stereocenters. The highest BCUT2D eigenvalue weighted by atomic mass is 15.1. The summed E-state index contributed by atoms with van der Waals surface area (Å²) < 4.78 is 0. The quantitative estimate of drug-likeness (QED) is 0.561. The zero-order chi connectivity index (χ0) is 7.68. The molecule has 54 valence electrons. The van der Waals surface area contributed by atoms with Crippen molar-refractivity contribution in [3.63, 3.8) is 0 Å². The van der Waals surface area contributed by atoms with Crippen LogP contribution in [0.5, 0.6) is 0 Å². The lowest BCUT2D eigenvalue weighted by Gasteiger charge is -1.96. The second kappa shape index (κ2) is 2.27. The van der Waals surface area contributed by atoms with Crippen LogP contribution in [0.15, 0.2) is 24.7 Å². The van der Waals surface area contributed by atoms with Gasteiger partial charge in [0.25, 0.3) is 0 Å². The van der Waals surface area contributed by atoms with Gasteiger partial charge >= 0.3 is 0 Å². The van der Waals surface area contributed by atoms with E-state index in [0.717, 1.165) is 16.5 Å². The van der Waals surface area contributed by atoms with Gasteiger partial charge in [-0.25, -0.2) is 0 Å². The number of hydrogen-bond acceptors (Lipinski definition) is 3. The average Bonchev–Trinajstić information content (AvgIpc) is 2.06. The minimum Gasteiger partial charge on any atom is -0.262 e. The first-order chi connectivity index (χ1) is 5.38. The van der Waals surface area contributed by atoms with Gasteiger partial charge in [0.15, 0.2) is 0 Å². The third kappa shape index (κ3) is 0.941. The van der Waals surface area contributed by atoms with Gasteiger partial charge in [0.1, 0.15) is 5.52 Å². The Morgan fingerprint density at radius 1 is 1.27 bits per heavy atom. The summed E-state index contributed by atoms with van der Waals surface area (Å²) in [4.78, 5) is 4.01. The Morgan fingerprint density at radius 3 is 3.00 bits per heavy atom. The Morgan fingerprint density at radius 2 is 2.18 bits per heavy atom. The fraction of sp³-hybridized carbons (Fsp3) is 0.125. The lowest BCUT2D eigenvalue weighted by Crippen LogP contribution is -1.85. The maximum Gasteiger partial charge on any atom is 0.111 e. The topological polar surface area (TPSA) is 38.7 Å². The van der Waals surface area contributed by atoms with Crippen molar-refractivity contribution in [3.05, 3.63) is 30.2 Å². The van der Waals surface area contributed by atoms with E-state index in [1.165, 1.54) is 0 Å². The highest BCUT2D eigenvalue weighted by Gasteiger charge is 1.95. The van der Waals surface area contributed by atoms with Crippen molar-refractivity contribution in [2.75, 3.05) is 0 Å². The predicted octanol–water partition coefficient (Wildman–Crippen LogP) is 1.33. The van der Waals surface area contributed by atoms with Gasteiger partial charge in [-0.2, -0.15) is 5.10 Å². The molecule has 0 saturated carbocycles. The standard InChI is InChI=1S/C8H7N3/c1-6-4-9-5-8-7(6)2-3-10-11-8/h2-5H,1H3. The van der Waals surface area contributed by atoms with Crippen molar-refractivity contribution in [2.24, 2.45) is 0 Å². The van der Waals surface area contributed by atoms with E-state index >= 15 is 0 Å². The van der Waals surface area contributed by atoms with Gasteiger partial charge in [-0.1, -0.05) is 0 Å². The van der Waals surface area contributed by atoms with Crippen molar-refractivity contribution in [1.82, 2.24) is 15.2 Å². The number of hydrogen-bond donors (Lipinski definition) is 0. The van der Waals surface area contributed by atoms with Gasteiger partial charge in [-0.15, -0.1) is 5.10 Å². The Kier molecular flexibility index (Phi) is 1.28. The number of fused-ring (bicyclic) bond motifs is 1. The second-order valence-electron chi connectivity index (χ2n) is 2.42. The van der Waals surface area contributed by atoms with Crippen LogP contribution >= 0.6 is 0 Å². The minimum absolute atomic E-state index is 0.854. The monoisotopic (exact) mass is 145 g/mol. The van der Waals surface area contributed by atoms with Crippen LogP contribution in [0.1, 0.15) is 5.56 Å². The van der Waals surface area contributed by atoms with Crippen LogP contribution in [0, 0.1) is 6.92 Å². The third-order valence-corrected chi connectivity index (χ3v) is 1.64. The molecule has 2 aromatic rings. The van der Waals surface area contributed by atoms with Crippen LogP contribution in [0.2, 0.25) is 0 Å². The average molecular weight is 145 g/mol. The second-order valence-corrected chi connectivity index (χ2v) is 2.42. The lowest BCUT2D eigenvalue weighted by atomic mass is 10.2. The van der Waals surface area contributed by atoms with Crippen LogP contribution in [0.3, 0.4) is 0 Å². The Balaban J connectivity index is 2.91. The molecule has 0 atom stereocenters. The van der Waals surface area contributed by atoms with Gasteiger partial charge in [0.2, 0.25) is 0 Å². The van der Waals surface area contributed by atoms with Crippen LogP contribution in [-0.4, -0.2) is 15.2 Å². The molecule has 0 aromatic carbocycles. The zero-order valence-electron chi connectivity index (χ0n) is 6.15. The van der Waals surface area contributed by atoms with E-state index in [9.17, 15) is 0 Å². The van der Waals surface area contributed by atoms with E-state index in [2.05, 4.69) is 15.2 Å². The molecule has 0 N–H and O–H groups in total. The first kappa shape index (κ1) is 6.22. The summed E-state index contributed by atoms with van der Waals surface area (Å²) >= 11 is 0. The summed E-state index contributed by atoms with van der Waals surface area (Å²) in [6.45, 7) is 2.01. The van der Waals surface area contributed by atoms with Crippen LogP contribution in [0.25, 0.3) is 10.9 Å². The predicted molar refractivity (Wildman–Crippen MR) is 42.1 cm³/mol. The van der Waals surface area contributed by atoms with Crippen LogP contribution in [0.4, 0.5) is 0 Å². The number of aromatic nitrogens is 3. The molecule has 0 aliphatic heterocycles. The van der Waals surface area contributed by atoms with Crippen molar-refractivity contribution < 1.29 is 0 Å². The molecule has 0 spiro atoms. The van der Waals surface area contributed by atoms with Gasteiger partial charge in [0, 0.05) is 11.6 Å². The summed E-state index contributed by atoms with van der Waals surface area (Å²) in [5.41, 5.74) is 1.99. The summed E-state index contributed by atoms with van der Waals surface area (Å²) in [7, 11) is 0. The summed E-state index contributed by atoms with van der Waals surface area (Å²) in [6, 6.07) is 1.94. The molecule has 0 fully saturated rings. The largest absolute Gasteiger partial charge is 0.262 e. The highest BCUT2D eigenvalue weighted by Crippen LogP contribution is 2.11. The molecular formula is C8H7N3. The molecule has 0 saturated heterocycles. The molecule has 2 rings (SSSR count). The smallest absolute Gasteiger partial charge is 0.111 e. The molecule has 3 heteroatoms. The zero-order valence-corrected chi connectivity index (χ0v) is 6.15. The Hall–Kier alpha value is -1.51. The van der Waals surface area contributed by atoms with Crippen molar-refractivity contribution in [1.29, 1.82) is 0 Å². The number of pyridine rings is 1. The van der Waals surface area contributed by atoms with E-state index in [1.807, 2.05) is 19.2 Å². The fourth-order valence-electron chi connectivity index (χ4n) is 1.06. The molecule has 0 amide bonds. The van der Waals surface area contributed by atoms with Gasteiger partial charge < -0.3 is 0 Å². The van der Waals surface area contributed by atoms with E-state index in [1.54, 1.807) is 12.4 Å². The summed E-state index contributed by atoms with van der Waals surface area (Å²) in [5, 5.41) is 8.81. The molecule has 2 heterocycles. The minimum atomic E-state index is 0.854. The molecule has 2 aromatic heterocycles. The number of nitrogens with zero attached hydrogens (tertiary/aromatic N) is 3. The first-order valence-electron chi connectivity index (χ1n) is 3.40.